The van der Waals surface area contributed by atoms with Crippen molar-refractivity contribution in [2.75, 3.05) is 26.2 Å². The highest BCUT2D eigenvalue weighted by atomic mass is 32.1. The molecule has 150 valence electrons. The van der Waals surface area contributed by atoms with E-state index >= 15 is 0 Å². The van der Waals surface area contributed by atoms with E-state index in [4.69, 9.17) is 0 Å². The molecule has 1 aromatic carbocycles. The van der Waals surface area contributed by atoms with E-state index in [1.807, 2.05) is 42.3 Å². The van der Waals surface area contributed by atoms with Gasteiger partial charge in [-0.3, -0.25) is 14.7 Å². The topological polar surface area (TPSA) is 49.3 Å². The maximum absolute atomic E-state index is 13.1. The molecule has 0 radical (unpaired) electrons. The lowest BCUT2D eigenvalue weighted by molar-refractivity contribution is 0.0630. The molecule has 29 heavy (non-hydrogen) atoms. The average Bonchev–Trinajstić information content (AvgIpc) is 3.10. The predicted octanol–water partition coefficient (Wildman–Crippen LogP) is 3.70. The number of carbonyl (C=O) groups is 1. The van der Waals surface area contributed by atoms with Crippen molar-refractivity contribution < 1.29 is 4.79 Å². The summed E-state index contributed by atoms with van der Waals surface area (Å²) in [5.41, 5.74) is 4.41. The molecule has 0 saturated carbocycles. The van der Waals surface area contributed by atoms with Gasteiger partial charge in [0, 0.05) is 45.3 Å². The first-order chi connectivity index (χ1) is 14.1. The molecular weight excluding hydrogens is 380 g/mol. The number of aryl methyl sites for hydroxylation is 2. The SMILES string of the molecule is Cc1cccnc1CN1CCN(C(=O)c2sc(Cc3ccccc3)nc2C)CC1. The quantitative estimate of drug-likeness (QED) is 0.648. The highest BCUT2D eigenvalue weighted by Crippen LogP contribution is 2.23. The summed E-state index contributed by atoms with van der Waals surface area (Å²) < 4.78 is 0. The minimum atomic E-state index is 0.118. The molecular formula is C23H26N4OS. The summed E-state index contributed by atoms with van der Waals surface area (Å²) in [6, 6.07) is 14.4. The molecule has 1 aliphatic heterocycles. The van der Waals surface area contributed by atoms with Crippen molar-refractivity contribution in [3.05, 3.63) is 81.1 Å². The van der Waals surface area contributed by atoms with Gasteiger partial charge in [0.2, 0.25) is 0 Å². The number of rotatable bonds is 5. The van der Waals surface area contributed by atoms with E-state index < -0.39 is 0 Å². The van der Waals surface area contributed by atoms with Crippen molar-refractivity contribution in [1.29, 1.82) is 0 Å². The molecule has 1 aliphatic rings. The smallest absolute Gasteiger partial charge is 0.265 e. The molecule has 0 atom stereocenters. The van der Waals surface area contributed by atoms with Crippen LogP contribution in [0.2, 0.25) is 0 Å². The van der Waals surface area contributed by atoms with Crippen LogP contribution in [0.3, 0.4) is 0 Å². The average molecular weight is 407 g/mol. The van der Waals surface area contributed by atoms with Crippen molar-refractivity contribution in [3.63, 3.8) is 0 Å². The number of nitrogens with zero attached hydrogens (tertiary/aromatic N) is 4. The normalized spacial score (nSPS) is 14.9. The molecule has 1 amide bonds. The van der Waals surface area contributed by atoms with Crippen LogP contribution in [-0.2, 0) is 13.0 Å². The van der Waals surface area contributed by atoms with Gasteiger partial charge >= 0.3 is 0 Å². The molecule has 2 aromatic heterocycles. The van der Waals surface area contributed by atoms with E-state index in [1.165, 1.54) is 22.5 Å². The summed E-state index contributed by atoms with van der Waals surface area (Å²) >= 11 is 1.54. The summed E-state index contributed by atoms with van der Waals surface area (Å²) in [6.45, 7) is 8.12. The number of amides is 1. The molecule has 5 nitrogen and oxygen atoms in total. The summed E-state index contributed by atoms with van der Waals surface area (Å²) in [5, 5.41) is 1.00. The zero-order valence-corrected chi connectivity index (χ0v) is 17.8. The van der Waals surface area contributed by atoms with Crippen LogP contribution in [0.4, 0.5) is 0 Å². The van der Waals surface area contributed by atoms with E-state index in [0.29, 0.717) is 0 Å². The zero-order chi connectivity index (χ0) is 20.2. The maximum Gasteiger partial charge on any atom is 0.265 e. The van der Waals surface area contributed by atoms with E-state index in [-0.39, 0.29) is 5.91 Å². The number of carbonyl (C=O) groups excluding carboxylic acids is 1. The summed E-state index contributed by atoms with van der Waals surface area (Å²) in [5.74, 6) is 0.118. The first-order valence-corrected chi connectivity index (χ1v) is 10.8. The summed E-state index contributed by atoms with van der Waals surface area (Å²) in [4.78, 5) is 27.3. The summed E-state index contributed by atoms with van der Waals surface area (Å²) in [6.07, 6.45) is 2.62. The minimum Gasteiger partial charge on any atom is -0.335 e. The third kappa shape index (κ3) is 4.71. The van der Waals surface area contributed by atoms with Crippen LogP contribution in [0.15, 0.2) is 48.7 Å². The van der Waals surface area contributed by atoms with Gasteiger partial charge in [0.25, 0.3) is 5.91 Å². The first kappa shape index (κ1) is 19.7. The Morgan fingerprint density at radius 3 is 2.52 bits per heavy atom. The van der Waals surface area contributed by atoms with Gasteiger partial charge in [0.1, 0.15) is 4.88 Å². The van der Waals surface area contributed by atoms with Gasteiger partial charge in [-0.25, -0.2) is 4.98 Å². The minimum absolute atomic E-state index is 0.118. The Labute approximate surface area is 176 Å². The van der Waals surface area contributed by atoms with Crippen molar-refractivity contribution in [2.45, 2.75) is 26.8 Å². The fourth-order valence-corrected chi connectivity index (χ4v) is 4.71. The zero-order valence-electron chi connectivity index (χ0n) is 17.0. The van der Waals surface area contributed by atoms with Crippen LogP contribution in [0.5, 0.6) is 0 Å². The third-order valence-electron chi connectivity index (χ3n) is 5.38. The highest BCUT2D eigenvalue weighted by molar-refractivity contribution is 7.13. The maximum atomic E-state index is 13.1. The van der Waals surface area contributed by atoms with Crippen molar-refractivity contribution in [3.8, 4) is 0 Å². The molecule has 4 rings (SSSR count). The van der Waals surface area contributed by atoms with Gasteiger partial charge < -0.3 is 4.90 Å². The van der Waals surface area contributed by atoms with Gasteiger partial charge in [-0.1, -0.05) is 36.4 Å². The first-order valence-electron chi connectivity index (χ1n) is 10.0. The van der Waals surface area contributed by atoms with Crippen LogP contribution >= 0.6 is 11.3 Å². The molecule has 0 bridgehead atoms. The lowest BCUT2D eigenvalue weighted by Gasteiger charge is -2.34. The number of piperazine rings is 1. The van der Waals surface area contributed by atoms with Gasteiger partial charge in [-0.15, -0.1) is 11.3 Å². The largest absolute Gasteiger partial charge is 0.335 e. The number of benzene rings is 1. The molecule has 6 heteroatoms. The standard InChI is InChI=1S/C23H26N4OS/c1-17-7-6-10-24-20(17)16-26-11-13-27(14-12-26)23(28)22-18(2)25-21(29-22)15-19-8-4-3-5-9-19/h3-10H,11-16H2,1-2H3. The Bertz CT molecular complexity index is 978. The third-order valence-corrected chi connectivity index (χ3v) is 6.53. The monoisotopic (exact) mass is 406 g/mol. The van der Waals surface area contributed by atoms with Crippen molar-refractivity contribution in [2.24, 2.45) is 0 Å². The fourth-order valence-electron chi connectivity index (χ4n) is 3.65. The summed E-state index contributed by atoms with van der Waals surface area (Å²) in [7, 11) is 0. The van der Waals surface area contributed by atoms with Gasteiger partial charge in [0.15, 0.2) is 0 Å². The van der Waals surface area contributed by atoms with Crippen LogP contribution < -0.4 is 0 Å². The molecule has 0 aliphatic carbocycles. The Balaban J connectivity index is 1.36. The van der Waals surface area contributed by atoms with Crippen LogP contribution in [-0.4, -0.2) is 51.9 Å². The molecule has 0 unspecified atom stereocenters. The fraction of sp³-hybridized carbons (Fsp3) is 0.348. The lowest BCUT2D eigenvalue weighted by atomic mass is 10.2. The molecule has 3 heterocycles. The van der Waals surface area contributed by atoms with Gasteiger partial charge in [-0.05, 0) is 31.0 Å². The molecule has 0 spiro atoms. The lowest BCUT2D eigenvalue weighted by Crippen LogP contribution is -2.48. The second-order valence-electron chi connectivity index (χ2n) is 7.52. The molecule has 3 aromatic rings. The Kier molecular flexibility index (Phi) is 6.02. The molecule has 1 saturated heterocycles. The van der Waals surface area contributed by atoms with E-state index in [0.717, 1.165) is 60.4 Å². The number of pyridine rings is 1. The number of hydrogen-bond acceptors (Lipinski definition) is 5. The van der Waals surface area contributed by atoms with E-state index in [1.54, 1.807) is 0 Å². The number of hydrogen-bond donors (Lipinski definition) is 0. The Hall–Kier alpha value is -2.57. The number of thiazole rings is 1. The Morgan fingerprint density at radius 2 is 1.79 bits per heavy atom. The highest BCUT2D eigenvalue weighted by Gasteiger charge is 2.25. The van der Waals surface area contributed by atoms with Crippen LogP contribution in [0.25, 0.3) is 0 Å². The molecule has 1 fully saturated rings. The predicted molar refractivity (Wildman–Crippen MR) is 116 cm³/mol. The van der Waals surface area contributed by atoms with Crippen LogP contribution in [0.1, 0.15) is 37.2 Å². The van der Waals surface area contributed by atoms with Crippen molar-refractivity contribution in [1.82, 2.24) is 19.8 Å². The second kappa shape index (κ2) is 8.84. The van der Waals surface area contributed by atoms with Crippen molar-refractivity contribution >= 4 is 17.2 Å². The van der Waals surface area contributed by atoms with Crippen LogP contribution in [0, 0.1) is 13.8 Å². The number of aromatic nitrogens is 2. The second-order valence-corrected chi connectivity index (χ2v) is 8.60. The van der Waals surface area contributed by atoms with Gasteiger partial charge in [0.05, 0.1) is 16.4 Å². The Morgan fingerprint density at radius 1 is 1.03 bits per heavy atom. The van der Waals surface area contributed by atoms with Gasteiger partial charge in [-0.2, -0.15) is 0 Å². The van der Waals surface area contributed by atoms with E-state index in [9.17, 15) is 4.79 Å². The van der Waals surface area contributed by atoms with E-state index in [2.05, 4.69) is 40.0 Å². The molecule has 0 N–H and O–H groups in total.